The van der Waals surface area contributed by atoms with Gasteiger partial charge in [-0.25, -0.2) is 12.8 Å². The number of aromatic nitrogens is 2. The molecule has 0 unspecified atom stereocenters. The number of hydrogen-bond donors (Lipinski definition) is 0. The average Bonchev–Trinajstić information content (AvgIpc) is 3.23. The van der Waals surface area contributed by atoms with Gasteiger partial charge in [0.2, 0.25) is 15.9 Å². The molecule has 0 radical (unpaired) electrons. The van der Waals surface area contributed by atoms with Gasteiger partial charge in [-0.15, -0.1) is 10.2 Å². The van der Waals surface area contributed by atoms with E-state index in [-0.39, 0.29) is 10.7 Å². The Kier molecular flexibility index (Phi) is 5.98. The van der Waals surface area contributed by atoms with Crippen molar-refractivity contribution in [1.82, 2.24) is 14.5 Å². The maximum absolute atomic E-state index is 13.7. The molecule has 0 atom stereocenters. The molecule has 2 aromatic carbocycles. The molecule has 0 saturated carbocycles. The zero-order valence-corrected chi connectivity index (χ0v) is 17.3. The maximum Gasteiger partial charge on any atom is 0.277 e. The molecule has 1 fully saturated rings. The third kappa shape index (κ3) is 4.52. The second-order valence-electron chi connectivity index (χ2n) is 6.74. The lowest BCUT2D eigenvalue weighted by Gasteiger charge is -2.25. The van der Waals surface area contributed by atoms with Crippen LogP contribution in [0.4, 0.5) is 4.39 Å². The quantitative estimate of drug-likeness (QED) is 0.538. The highest BCUT2D eigenvalue weighted by atomic mass is 32.2. The van der Waals surface area contributed by atoms with E-state index >= 15 is 0 Å². The summed E-state index contributed by atoms with van der Waals surface area (Å²) in [5.74, 6) is 0.398. The molecule has 1 aromatic heterocycles. The number of nitrogens with zero attached hydrogens (tertiary/aromatic N) is 3. The molecule has 1 aliphatic rings. The molecule has 4 rings (SSSR count). The summed E-state index contributed by atoms with van der Waals surface area (Å²) in [5, 5.41) is 8.32. The van der Waals surface area contributed by atoms with Gasteiger partial charge in [0.1, 0.15) is 5.82 Å². The highest BCUT2D eigenvalue weighted by molar-refractivity contribution is 7.98. The third-order valence-electron chi connectivity index (χ3n) is 4.77. The van der Waals surface area contributed by atoms with Gasteiger partial charge in [0.25, 0.3) is 5.22 Å². The Balaban J connectivity index is 1.45. The van der Waals surface area contributed by atoms with Gasteiger partial charge < -0.3 is 4.42 Å². The van der Waals surface area contributed by atoms with Crippen LogP contribution in [0.2, 0.25) is 0 Å². The molecule has 152 valence electrons. The fraction of sp³-hybridized carbons (Fsp3) is 0.300. The first-order valence-corrected chi connectivity index (χ1v) is 11.8. The summed E-state index contributed by atoms with van der Waals surface area (Å²) < 4.78 is 46.3. The lowest BCUT2D eigenvalue weighted by Crippen LogP contribution is -2.35. The number of halogens is 1. The summed E-state index contributed by atoms with van der Waals surface area (Å²) in [5.41, 5.74) is 1.19. The molecule has 1 saturated heterocycles. The number of piperidine rings is 1. The van der Waals surface area contributed by atoms with Gasteiger partial charge >= 0.3 is 0 Å². The zero-order chi connectivity index (χ0) is 20.3. The average molecular weight is 434 g/mol. The van der Waals surface area contributed by atoms with E-state index in [2.05, 4.69) is 10.2 Å². The lowest BCUT2D eigenvalue weighted by atomic mass is 10.2. The number of hydrogen-bond acceptors (Lipinski definition) is 6. The van der Waals surface area contributed by atoms with Crippen LogP contribution in [0.5, 0.6) is 0 Å². The monoisotopic (exact) mass is 433 g/mol. The van der Waals surface area contributed by atoms with Crippen LogP contribution in [0, 0.1) is 5.82 Å². The smallest absolute Gasteiger partial charge is 0.277 e. The molecule has 0 amide bonds. The fourth-order valence-corrected chi connectivity index (χ4v) is 5.43. The van der Waals surface area contributed by atoms with E-state index in [0.717, 1.165) is 19.3 Å². The second-order valence-corrected chi connectivity index (χ2v) is 9.61. The van der Waals surface area contributed by atoms with E-state index in [1.165, 1.54) is 22.1 Å². The minimum atomic E-state index is -3.47. The Morgan fingerprint density at radius 2 is 1.72 bits per heavy atom. The molecule has 9 heteroatoms. The molecule has 0 aliphatic carbocycles. The largest absolute Gasteiger partial charge is 0.411 e. The van der Waals surface area contributed by atoms with Crippen molar-refractivity contribution in [1.29, 1.82) is 0 Å². The molecule has 6 nitrogen and oxygen atoms in total. The molecule has 3 aromatic rings. The van der Waals surface area contributed by atoms with Gasteiger partial charge in [0, 0.05) is 24.4 Å². The molecule has 29 heavy (non-hydrogen) atoms. The summed E-state index contributed by atoms with van der Waals surface area (Å²) in [4.78, 5) is 0.261. The van der Waals surface area contributed by atoms with Crippen molar-refractivity contribution in [3.05, 3.63) is 59.9 Å². The first-order valence-electron chi connectivity index (χ1n) is 9.34. The van der Waals surface area contributed by atoms with Crippen LogP contribution >= 0.6 is 11.8 Å². The van der Waals surface area contributed by atoms with Gasteiger partial charge in [-0.05, 0) is 48.7 Å². The minimum Gasteiger partial charge on any atom is -0.411 e. The molecule has 1 aliphatic heterocycles. The molecule has 2 heterocycles. The predicted molar refractivity (Wildman–Crippen MR) is 108 cm³/mol. The van der Waals surface area contributed by atoms with E-state index in [0.29, 0.717) is 41.1 Å². The summed E-state index contributed by atoms with van der Waals surface area (Å²) in [6.07, 6.45) is 2.86. The zero-order valence-electron chi connectivity index (χ0n) is 15.6. The van der Waals surface area contributed by atoms with Crippen molar-refractivity contribution < 1.29 is 17.2 Å². The molecular weight excluding hydrogens is 413 g/mol. The lowest BCUT2D eigenvalue weighted by molar-refractivity contribution is 0.346. The summed E-state index contributed by atoms with van der Waals surface area (Å²) in [6, 6.07) is 13.0. The Hall–Kier alpha value is -2.23. The third-order valence-corrected chi connectivity index (χ3v) is 7.55. The van der Waals surface area contributed by atoms with Gasteiger partial charge in [-0.2, -0.15) is 4.31 Å². The molecule has 0 N–H and O–H groups in total. The summed E-state index contributed by atoms with van der Waals surface area (Å²) >= 11 is 1.25. The van der Waals surface area contributed by atoms with Gasteiger partial charge in [-0.3, -0.25) is 0 Å². The van der Waals surface area contributed by atoms with Crippen molar-refractivity contribution in [2.75, 3.05) is 13.1 Å². The highest BCUT2D eigenvalue weighted by Gasteiger charge is 2.26. The van der Waals surface area contributed by atoms with Crippen molar-refractivity contribution in [3.8, 4) is 11.5 Å². The van der Waals surface area contributed by atoms with Crippen LogP contribution in [0.3, 0.4) is 0 Å². The number of sulfonamides is 1. The van der Waals surface area contributed by atoms with Crippen LogP contribution in [-0.4, -0.2) is 36.0 Å². The normalized spacial score (nSPS) is 15.5. The Labute approximate surface area is 173 Å². The number of rotatable bonds is 6. The predicted octanol–water partition coefficient (Wildman–Crippen LogP) is 4.34. The van der Waals surface area contributed by atoms with Crippen molar-refractivity contribution in [2.24, 2.45) is 0 Å². The topological polar surface area (TPSA) is 76.3 Å². The molecule has 0 bridgehead atoms. The maximum atomic E-state index is 13.7. The standard InChI is InChI=1S/C20H20FN3O3S2/c21-18-7-3-2-6-16(18)14-28-20-23-22-19(27-20)15-8-10-17(11-9-15)29(25,26)24-12-4-1-5-13-24/h2-3,6-11H,1,4-5,12-14H2. The SMILES string of the molecule is O=S(=O)(c1ccc(-c2nnc(SCc3ccccc3F)o2)cc1)N1CCCCC1. The van der Waals surface area contributed by atoms with Gasteiger partial charge in [0.05, 0.1) is 4.90 Å². The van der Waals surface area contributed by atoms with Crippen molar-refractivity contribution in [3.63, 3.8) is 0 Å². The number of thioether (sulfide) groups is 1. The van der Waals surface area contributed by atoms with Crippen LogP contribution in [0.15, 0.2) is 63.1 Å². The van der Waals surface area contributed by atoms with E-state index in [4.69, 9.17) is 4.42 Å². The minimum absolute atomic E-state index is 0.261. The van der Waals surface area contributed by atoms with Gasteiger partial charge in [-0.1, -0.05) is 36.4 Å². The van der Waals surface area contributed by atoms with E-state index in [1.807, 2.05) is 0 Å². The summed E-state index contributed by atoms with van der Waals surface area (Å²) in [7, 11) is -3.47. The van der Waals surface area contributed by atoms with Crippen LogP contribution in [0.25, 0.3) is 11.5 Å². The van der Waals surface area contributed by atoms with E-state index in [1.54, 1.807) is 42.5 Å². The van der Waals surface area contributed by atoms with E-state index < -0.39 is 10.0 Å². The second kappa shape index (κ2) is 8.64. The first kappa shape index (κ1) is 20.1. The van der Waals surface area contributed by atoms with Crippen LogP contribution in [0.1, 0.15) is 24.8 Å². The van der Waals surface area contributed by atoms with E-state index in [9.17, 15) is 12.8 Å². The van der Waals surface area contributed by atoms with Crippen molar-refractivity contribution in [2.45, 2.75) is 35.1 Å². The molecule has 0 spiro atoms. The Morgan fingerprint density at radius 3 is 2.45 bits per heavy atom. The van der Waals surface area contributed by atoms with Crippen molar-refractivity contribution >= 4 is 21.8 Å². The van der Waals surface area contributed by atoms with Crippen LogP contribution in [-0.2, 0) is 15.8 Å². The molecular formula is C20H20FN3O3S2. The first-order chi connectivity index (χ1) is 14.0. The Morgan fingerprint density at radius 1 is 1.00 bits per heavy atom. The fourth-order valence-electron chi connectivity index (χ4n) is 3.16. The summed E-state index contributed by atoms with van der Waals surface area (Å²) in [6.45, 7) is 1.13. The number of benzene rings is 2. The Bertz CT molecular complexity index is 1080. The highest BCUT2D eigenvalue weighted by Crippen LogP contribution is 2.28. The van der Waals surface area contributed by atoms with Crippen LogP contribution < -0.4 is 0 Å². The van der Waals surface area contributed by atoms with Gasteiger partial charge in [0.15, 0.2) is 0 Å².